The first-order valence-corrected chi connectivity index (χ1v) is 9.12. The molecule has 150 valence electrons. The van der Waals surface area contributed by atoms with Crippen LogP contribution in [0.1, 0.15) is 42.4 Å². The Balaban J connectivity index is 0.00000182. The standard InChI is InChI=1S/C19H25ClN4O.2ClH/c1-13-10-14(2)24(22-13)15(3)11-19(25)23-9-8-21-12-18(23)16-6-4-5-7-17(16)20;;/h4-7,10,15,18,21H,8-9,11-12H2,1-3H3;2*1H. The summed E-state index contributed by atoms with van der Waals surface area (Å²) in [6.07, 6.45) is 0.433. The van der Waals surface area contributed by atoms with E-state index in [1.807, 2.05) is 60.7 Å². The SMILES string of the molecule is Cc1cc(C)n(C(C)CC(=O)N2CCNCC2c2ccccc2Cl)n1.Cl.Cl. The molecule has 1 saturated heterocycles. The van der Waals surface area contributed by atoms with E-state index in [-0.39, 0.29) is 42.8 Å². The predicted molar refractivity (Wildman–Crippen MR) is 114 cm³/mol. The van der Waals surface area contributed by atoms with Crippen LogP contribution in [0.25, 0.3) is 0 Å². The van der Waals surface area contributed by atoms with Crippen LogP contribution in [0.5, 0.6) is 0 Å². The Hall–Kier alpha value is -1.27. The van der Waals surface area contributed by atoms with Crippen molar-refractivity contribution in [2.45, 2.75) is 39.3 Å². The van der Waals surface area contributed by atoms with Crippen LogP contribution >= 0.6 is 36.4 Å². The number of nitrogens with zero attached hydrogens (tertiary/aromatic N) is 3. The second-order valence-electron chi connectivity index (χ2n) is 6.75. The summed E-state index contributed by atoms with van der Waals surface area (Å²) in [6, 6.07) is 9.82. The number of hydrogen-bond donors (Lipinski definition) is 1. The number of carbonyl (C=O) groups is 1. The number of carbonyl (C=O) groups excluding carboxylic acids is 1. The van der Waals surface area contributed by atoms with E-state index in [2.05, 4.69) is 10.4 Å². The van der Waals surface area contributed by atoms with Crippen LogP contribution in [-0.2, 0) is 4.79 Å². The number of halogens is 3. The third-order valence-electron chi connectivity index (χ3n) is 4.76. The fourth-order valence-electron chi connectivity index (χ4n) is 3.57. The summed E-state index contributed by atoms with van der Waals surface area (Å²) in [4.78, 5) is 15.0. The minimum absolute atomic E-state index is 0. The van der Waals surface area contributed by atoms with Crippen molar-refractivity contribution in [1.82, 2.24) is 20.0 Å². The van der Waals surface area contributed by atoms with Crippen LogP contribution in [0.3, 0.4) is 0 Å². The van der Waals surface area contributed by atoms with E-state index in [1.54, 1.807) is 0 Å². The van der Waals surface area contributed by atoms with Crippen molar-refractivity contribution in [1.29, 1.82) is 0 Å². The lowest BCUT2D eigenvalue weighted by Gasteiger charge is -2.37. The highest BCUT2D eigenvalue weighted by Crippen LogP contribution is 2.29. The Morgan fingerprint density at radius 2 is 2.04 bits per heavy atom. The van der Waals surface area contributed by atoms with E-state index in [1.165, 1.54) is 0 Å². The van der Waals surface area contributed by atoms with Gasteiger partial charge >= 0.3 is 0 Å². The monoisotopic (exact) mass is 432 g/mol. The highest BCUT2D eigenvalue weighted by atomic mass is 35.5. The Morgan fingerprint density at radius 1 is 1.33 bits per heavy atom. The van der Waals surface area contributed by atoms with Gasteiger partial charge in [0.15, 0.2) is 0 Å². The third-order valence-corrected chi connectivity index (χ3v) is 5.10. The molecule has 5 nitrogen and oxygen atoms in total. The molecule has 2 heterocycles. The molecular weight excluding hydrogens is 407 g/mol. The molecule has 1 aromatic carbocycles. The van der Waals surface area contributed by atoms with Gasteiger partial charge in [-0.2, -0.15) is 5.10 Å². The topological polar surface area (TPSA) is 50.2 Å². The van der Waals surface area contributed by atoms with Crippen molar-refractivity contribution in [2.24, 2.45) is 0 Å². The van der Waals surface area contributed by atoms with Crippen LogP contribution in [0.2, 0.25) is 5.02 Å². The van der Waals surface area contributed by atoms with E-state index in [9.17, 15) is 4.79 Å². The smallest absolute Gasteiger partial charge is 0.225 e. The molecule has 2 unspecified atom stereocenters. The number of aryl methyl sites for hydroxylation is 2. The molecule has 8 heteroatoms. The van der Waals surface area contributed by atoms with Gasteiger partial charge in [0.05, 0.1) is 17.8 Å². The number of benzene rings is 1. The van der Waals surface area contributed by atoms with Crippen LogP contribution in [0.4, 0.5) is 0 Å². The number of piperazine rings is 1. The number of amides is 1. The molecule has 1 aliphatic rings. The van der Waals surface area contributed by atoms with Gasteiger partial charge in [0, 0.05) is 36.8 Å². The quantitative estimate of drug-likeness (QED) is 0.789. The average molecular weight is 434 g/mol. The van der Waals surface area contributed by atoms with Crippen LogP contribution in [0.15, 0.2) is 30.3 Å². The van der Waals surface area contributed by atoms with Crippen LogP contribution in [0, 0.1) is 13.8 Å². The number of rotatable bonds is 4. The Morgan fingerprint density at radius 3 is 2.67 bits per heavy atom. The zero-order chi connectivity index (χ0) is 18.0. The summed E-state index contributed by atoms with van der Waals surface area (Å²) in [5, 5.41) is 8.59. The van der Waals surface area contributed by atoms with Gasteiger partial charge in [0.1, 0.15) is 0 Å². The van der Waals surface area contributed by atoms with Gasteiger partial charge in [0.2, 0.25) is 5.91 Å². The lowest BCUT2D eigenvalue weighted by atomic mass is 10.0. The predicted octanol–water partition coefficient (Wildman–Crippen LogP) is 4.12. The summed E-state index contributed by atoms with van der Waals surface area (Å²) in [5.74, 6) is 0.145. The maximum absolute atomic E-state index is 13.0. The summed E-state index contributed by atoms with van der Waals surface area (Å²) in [5.41, 5.74) is 3.07. The van der Waals surface area contributed by atoms with Crippen LogP contribution in [-0.4, -0.2) is 40.2 Å². The summed E-state index contributed by atoms with van der Waals surface area (Å²) >= 11 is 6.37. The van der Waals surface area contributed by atoms with Gasteiger partial charge in [-0.25, -0.2) is 0 Å². The number of aromatic nitrogens is 2. The van der Waals surface area contributed by atoms with Gasteiger partial charge in [-0.1, -0.05) is 29.8 Å². The van der Waals surface area contributed by atoms with Crippen LogP contribution < -0.4 is 5.32 Å². The lowest BCUT2D eigenvalue weighted by Crippen LogP contribution is -2.49. The first kappa shape index (κ1) is 23.8. The van der Waals surface area contributed by atoms with Gasteiger partial charge < -0.3 is 10.2 Å². The van der Waals surface area contributed by atoms with E-state index in [0.29, 0.717) is 18.0 Å². The fourth-order valence-corrected chi connectivity index (χ4v) is 3.84. The minimum atomic E-state index is -0.0254. The number of nitrogens with one attached hydrogen (secondary N) is 1. The zero-order valence-electron chi connectivity index (χ0n) is 15.8. The zero-order valence-corrected chi connectivity index (χ0v) is 18.2. The minimum Gasteiger partial charge on any atom is -0.333 e. The van der Waals surface area contributed by atoms with E-state index in [4.69, 9.17) is 11.6 Å². The molecule has 2 aromatic rings. The summed E-state index contributed by atoms with van der Waals surface area (Å²) < 4.78 is 1.94. The number of hydrogen-bond acceptors (Lipinski definition) is 3. The Kier molecular flexibility index (Phi) is 9.09. The first-order chi connectivity index (χ1) is 12.0. The second-order valence-corrected chi connectivity index (χ2v) is 7.16. The molecule has 0 bridgehead atoms. The molecule has 0 spiro atoms. The normalized spacial score (nSPS) is 17.6. The van der Waals surface area contributed by atoms with Crippen molar-refractivity contribution in [3.63, 3.8) is 0 Å². The molecule has 0 radical (unpaired) electrons. The molecule has 0 saturated carbocycles. The van der Waals surface area contributed by atoms with Gasteiger partial charge in [-0.3, -0.25) is 9.48 Å². The largest absolute Gasteiger partial charge is 0.333 e. The van der Waals surface area contributed by atoms with Gasteiger partial charge in [0.25, 0.3) is 0 Å². The highest BCUT2D eigenvalue weighted by molar-refractivity contribution is 6.31. The van der Waals surface area contributed by atoms with Crippen molar-refractivity contribution in [3.05, 3.63) is 52.3 Å². The first-order valence-electron chi connectivity index (χ1n) is 8.74. The van der Waals surface area contributed by atoms with E-state index >= 15 is 0 Å². The molecule has 1 aliphatic heterocycles. The lowest BCUT2D eigenvalue weighted by molar-refractivity contribution is -0.135. The molecule has 2 atom stereocenters. The third kappa shape index (κ3) is 5.38. The average Bonchev–Trinajstić information content (AvgIpc) is 2.94. The molecule has 1 aromatic heterocycles. The van der Waals surface area contributed by atoms with E-state index < -0.39 is 0 Å². The molecule has 1 amide bonds. The van der Waals surface area contributed by atoms with Crippen molar-refractivity contribution < 1.29 is 4.79 Å². The van der Waals surface area contributed by atoms with Crippen molar-refractivity contribution in [2.75, 3.05) is 19.6 Å². The van der Waals surface area contributed by atoms with Gasteiger partial charge in [-0.05, 0) is 38.5 Å². The maximum atomic E-state index is 13.0. The highest BCUT2D eigenvalue weighted by Gasteiger charge is 2.30. The molecule has 1 fully saturated rings. The second kappa shape index (κ2) is 10.3. The van der Waals surface area contributed by atoms with Gasteiger partial charge in [-0.15, -0.1) is 24.8 Å². The molecule has 0 aliphatic carbocycles. The fraction of sp³-hybridized carbons (Fsp3) is 0.474. The van der Waals surface area contributed by atoms with E-state index in [0.717, 1.165) is 30.0 Å². The summed E-state index contributed by atoms with van der Waals surface area (Å²) in [7, 11) is 0. The molecule has 1 N–H and O–H groups in total. The van der Waals surface area contributed by atoms with Crippen molar-refractivity contribution in [3.8, 4) is 0 Å². The molecule has 3 rings (SSSR count). The van der Waals surface area contributed by atoms with Crippen molar-refractivity contribution >= 4 is 42.3 Å². The Bertz CT molecular complexity index is 765. The molecule has 27 heavy (non-hydrogen) atoms. The maximum Gasteiger partial charge on any atom is 0.225 e. The molecular formula is C19H27Cl3N4O. The Labute approximate surface area is 178 Å². The summed E-state index contributed by atoms with van der Waals surface area (Å²) in [6.45, 7) is 8.27.